The zero-order valence-electron chi connectivity index (χ0n) is 65.5. The van der Waals surface area contributed by atoms with Crippen LogP contribution in [0.15, 0.2) is 304 Å². The number of pyridine rings is 7. The van der Waals surface area contributed by atoms with Crippen molar-refractivity contribution in [3.63, 3.8) is 0 Å². The second-order valence-corrected chi connectivity index (χ2v) is 27.4. The number of hydrogen-bond acceptors (Lipinski definition) is 0. The minimum absolute atomic E-state index is 1.26. The molecule has 7 heterocycles. The van der Waals surface area contributed by atoms with Gasteiger partial charge in [-0.2, -0.15) is 4.57 Å². The summed E-state index contributed by atoms with van der Waals surface area (Å²) in [6.07, 6.45) is 12.6. The normalized spacial score (nSPS) is 10.3. The van der Waals surface area contributed by atoms with Gasteiger partial charge in [-0.15, -0.1) is 0 Å². The molecule has 0 aliphatic rings. The molecule has 7 nitrogen and oxygen atoms in total. The number of rotatable bonds is 7. The molecule has 0 fully saturated rings. The molecule has 14 rings (SSSR count). The van der Waals surface area contributed by atoms with Crippen molar-refractivity contribution in [2.45, 2.75) is 90.0 Å². The third kappa shape index (κ3) is 21.1. The monoisotopic (exact) mass is 1370 g/mol. The summed E-state index contributed by atoms with van der Waals surface area (Å²) < 4.78 is 15.2. The highest BCUT2D eigenvalue weighted by Gasteiger charge is 2.18. The van der Waals surface area contributed by atoms with Crippen LogP contribution in [0.5, 0.6) is 0 Å². The van der Waals surface area contributed by atoms with Gasteiger partial charge in [0.05, 0.1) is 5.56 Å². The van der Waals surface area contributed by atoms with Gasteiger partial charge in [-0.1, -0.05) is 127 Å². The van der Waals surface area contributed by atoms with E-state index in [1.54, 1.807) is 0 Å². The summed E-state index contributed by atoms with van der Waals surface area (Å²) in [5.74, 6) is 0. The lowest BCUT2D eigenvalue weighted by atomic mass is 9.99. The predicted octanol–water partition coefficient (Wildman–Crippen LogP) is 19.3. The second kappa shape index (κ2) is 38.0. The molecule has 0 amide bonds. The van der Waals surface area contributed by atoms with E-state index >= 15 is 0 Å². The number of hydrogen-bond donors (Lipinski definition) is 0. The molecule has 14 aromatic rings. The first-order valence-corrected chi connectivity index (χ1v) is 36.1. The first kappa shape index (κ1) is 78.3. The summed E-state index contributed by atoms with van der Waals surface area (Å²) in [4.78, 5) is 0. The minimum atomic E-state index is 1.26. The summed E-state index contributed by atoms with van der Waals surface area (Å²) in [5, 5.41) is 0. The third-order valence-corrected chi connectivity index (χ3v) is 19.1. The van der Waals surface area contributed by atoms with Crippen molar-refractivity contribution < 1.29 is 32.0 Å². The van der Waals surface area contributed by atoms with Crippen LogP contribution in [0.4, 0.5) is 0 Å². The van der Waals surface area contributed by atoms with Crippen LogP contribution in [0.2, 0.25) is 0 Å². The number of benzene rings is 7. The van der Waals surface area contributed by atoms with Crippen LogP contribution in [0.3, 0.4) is 0 Å². The van der Waals surface area contributed by atoms with Gasteiger partial charge in [0.1, 0.15) is 49.3 Å². The lowest BCUT2D eigenvalue weighted by Gasteiger charge is -2.07. The highest BCUT2D eigenvalue weighted by Crippen LogP contribution is 2.27. The Kier molecular flexibility index (Phi) is 28.6. The van der Waals surface area contributed by atoms with Crippen LogP contribution in [0.1, 0.15) is 72.5 Å². The van der Waals surface area contributed by atoms with Crippen molar-refractivity contribution in [2.24, 2.45) is 49.3 Å². The Labute approximate surface area is 623 Å². The average Bonchev–Trinajstić information content (AvgIpc) is 0.844. The molecule has 7 heteroatoms. The van der Waals surface area contributed by atoms with Crippen molar-refractivity contribution >= 4 is 0 Å². The molecule has 7 aromatic heterocycles. The summed E-state index contributed by atoms with van der Waals surface area (Å²) in [5.41, 5.74) is 35.2. The Morgan fingerprint density at radius 3 is 1.01 bits per heavy atom. The zero-order chi connectivity index (χ0) is 75.0. The maximum Gasteiger partial charge on any atom is 0.215 e. The summed E-state index contributed by atoms with van der Waals surface area (Å²) in [6, 6.07) is 93.6. The summed E-state index contributed by atoms with van der Waals surface area (Å²) in [6.45, 7) is 27.9. The molecule has 0 spiro atoms. The standard InChI is InChI=1S/6C14H16N.C13H14N/c1-11-7-6-8-12(2)14(11)13-9-4-5-10-15(13)3;1-11-7-4-5-9-13(11)14-12(2)8-6-10-15(14)3;1-11-7-4-5-9-13(11)14-10-6-8-12(2)15(14)3;1-11-7-8-12(2)13(10-11)14-6-4-5-9-15(14)3;1-11-8-9-15(3)14(10-11)13-7-5-4-6-12(13)2;1-11-8-9-14(15(3)10-11)13-7-5-4-6-12(13)2;1-11-7-3-4-8-12(11)13-9-5-6-10-14(13)2/h6*4-10H,1-3H3;3-10H,1-2H3/q7*+1. The van der Waals surface area contributed by atoms with Gasteiger partial charge in [-0.25, -0.2) is 27.4 Å². The highest BCUT2D eigenvalue weighted by molar-refractivity contribution is 5.67. The topological polar surface area (TPSA) is 27.2 Å². The average molecular weight is 1370 g/mol. The molecule has 7 aromatic carbocycles. The van der Waals surface area contributed by atoms with E-state index in [-0.39, 0.29) is 0 Å². The molecule has 0 bridgehead atoms. The molecule has 0 radical (unpaired) electrons. The molecule has 0 unspecified atom stereocenters. The molecule has 0 saturated heterocycles. The molecular formula is C97H110N7+7. The predicted molar refractivity (Wildman–Crippen MR) is 433 cm³/mol. The van der Waals surface area contributed by atoms with E-state index < -0.39 is 0 Å². The van der Waals surface area contributed by atoms with Gasteiger partial charge in [0, 0.05) is 124 Å². The van der Waals surface area contributed by atoms with E-state index in [0.29, 0.717) is 0 Å². The van der Waals surface area contributed by atoms with Crippen molar-refractivity contribution in [3.8, 4) is 78.8 Å². The molecule has 0 saturated carbocycles. The van der Waals surface area contributed by atoms with E-state index in [1.165, 1.54) is 151 Å². The van der Waals surface area contributed by atoms with Crippen molar-refractivity contribution in [1.82, 2.24) is 0 Å². The van der Waals surface area contributed by atoms with E-state index in [9.17, 15) is 0 Å². The third-order valence-electron chi connectivity index (χ3n) is 19.1. The van der Waals surface area contributed by atoms with E-state index in [1.807, 2.05) is 6.07 Å². The zero-order valence-corrected chi connectivity index (χ0v) is 65.5. The van der Waals surface area contributed by atoms with Crippen LogP contribution in [-0.2, 0) is 49.3 Å². The Hall–Kier alpha value is -11.4. The number of nitrogens with zero attached hydrogens (tertiary/aromatic N) is 7. The van der Waals surface area contributed by atoms with Gasteiger partial charge < -0.3 is 0 Å². The first-order chi connectivity index (χ1) is 49.9. The van der Waals surface area contributed by atoms with Crippen molar-refractivity contribution in [1.29, 1.82) is 0 Å². The Balaban J connectivity index is 0.000000154. The summed E-state index contributed by atoms with van der Waals surface area (Å²) >= 11 is 0. The maximum atomic E-state index is 2.24. The Morgan fingerprint density at radius 2 is 0.538 bits per heavy atom. The molecule has 526 valence electrons. The van der Waals surface area contributed by atoms with Gasteiger partial charge in [0.25, 0.3) is 0 Å². The fourth-order valence-electron chi connectivity index (χ4n) is 13.0. The lowest BCUT2D eigenvalue weighted by Crippen LogP contribution is -2.34. The quantitative estimate of drug-likeness (QED) is 0.142. The molecule has 0 aliphatic heterocycles. The van der Waals surface area contributed by atoms with Crippen molar-refractivity contribution in [3.05, 3.63) is 377 Å². The van der Waals surface area contributed by atoms with Crippen LogP contribution in [-0.4, -0.2) is 0 Å². The number of aromatic nitrogens is 7. The smallest absolute Gasteiger partial charge is 0.201 e. The van der Waals surface area contributed by atoms with Gasteiger partial charge in [0.15, 0.2) is 42.9 Å². The van der Waals surface area contributed by atoms with Crippen molar-refractivity contribution in [2.75, 3.05) is 0 Å². The fourth-order valence-corrected chi connectivity index (χ4v) is 13.0. The molecule has 0 atom stereocenters. The van der Waals surface area contributed by atoms with E-state index in [4.69, 9.17) is 0 Å². The molecule has 0 N–H and O–H groups in total. The largest absolute Gasteiger partial charge is 0.215 e. The maximum absolute atomic E-state index is 2.24. The Morgan fingerprint density at radius 1 is 0.192 bits per heavy atom. The highest BCUT2D eigenvalue weighted by atomic mass is 15.0. The second-order valence-electron chi connectivity index (χ2n) is 27.4. The number of aryl methyl sites for hydroxylation is 19. The fraction of sp³-hybridized carbons (Fsp3) is 0.206. The van der Waals surface area contributed by atoms with Gasteiger partial charge in [-0.05, 0) is 206 Å². The van der Waals surface area contributed by atoms with Gasteiger partial charge in [-0.3, -0.25) is 0 Å². The molecule has 0 aliphatic carbocycles. The molecule has 104 heavy (non-hydrogen) atoms. The van der Waals surface area contributed by atoms with E-state index in [0.717, 1.165) is 0 Å². The molecular weight excluding hydrogens is 1260 g/mol. The van der Waals surface area contributed by atoms with Crippen LogP contribution >= 0.6 is 0 Å². The van der Waals surface area contributed by atoms with Gasteiger partial charge >= 0.3 is 0 Å². The van der Waals surface area contributed by atoms with Gasteiger partial charge in [0.2, 0.25) is 39.9 Å². The first-order valence-electron chi connectivity index (χ1n) is 36.1. The minimum Gasteiger partial charge on any atom is -0.201 e. The summed E-state index contributed by atoms with van der Waals surface area (Å²) in [7, 11) is 14.6. The lowest BCUT2D eigenvalue weighted by molar-refractivity contribution is -0.666. The Bertz CT molecular complexity index is 4850. The SMILES string of the molecule is Cc1cc[n+](C)c(-c2ccccc2C)c1.Cc1ccc(-c2ccccc2C)[n+](C)c1.Cc1ccc(C)c(-c2cccc[n+]2C)c1.Cc1cccc(C)c1-c1cccc[n+]1C.Cc1ccccc1-c1c(C)ccc[n+]1C.Cc1ccccc1-c1cccc(C)[n+]1C.Cc1ccccc1-c1cccc[n+]1C. The van der Waals surface area contributed by atoms with Crippen LogP contribution in [0, 0.1) is 90.0 Å². The van der Waals surface area contributed by atoms with Crippen LogP contribution in [0.25, 0.3) is 78.8 Å². The van der Waals surface area contributed by atoms with Crippen LogP contribution < -0.4 is 32.0 Å². The van der Waals surface area contributed by atoms with E-state index in [2.05, 4.69) is 469 Å².